The molecule has 1 unspecified atom stereocenters. The van der Waals surface area contributed by atoms with E-state index in [-0.39, 0.29) is 0 Å². The average molecular weight is 224 g/mol. The molecule has 0 radical (unpaired) electrons. The summed E-state index contributed by atoms with van der Waals surface area (Å²) in [7, 11) is 0. The van der Waals surface area contributed by atoms with Crippen LogP contribution < -0.4 is 5.32 Å². The monoisotopic (exact) mass is 224 g/mol. The van der Waals surface area contributed by atoms with Gasteiger partial charge in [0.2, 0.25) is 0 Å². The molecule has 84 valence electrons. The van der Waals surface area contributed by atoms with Gasteiger partial charge in [0.15, 0.2) is 0 Å². The minimum Gasteiger partial charge on any atom is -0.309 e. The molecule has 15 heavy (non-hydrogen) atoms. The molecule has 1 N–H and O–H groups in total. The van der Waals surface area contributed by atoms with E-state index in [2.05, 4.69) is 24.5 Å². The molecular formula is C12H20N2S. The van der Waals surface area contributed by atoms with E-state index in [1.165, 1.54) is 30.0 Å². The largest absolute Gasteiger partial charge is 0.309 e. The van der Waals surface area contributed by atoms with Crippen LogP contribution in [0.2, 0.25) is 0 Å². The SMILES string of the molecule is CC(C)CCc1nc(C2CCCN2)cs1. The van der Waals surface area contributed by atoms with E-state index in [1.54, 1.807) is 0 Å². The summed E-state index contributed by atoms with van der Waals surface area (Å²) in [4.78, 5) is 4.72. The van der Waals surface area contributed by atoms with Crippen LogP contribution in [0.15, 0.2) is 5.38 Å². The van der Waals surface area contributed by atoms with Crippen LogP contribution in [0.25, 0.3) is 0 Å². The van der Waals surface area contributed by atoms with Gasteiger partial charge in [-0.2, -0.15) is 0 Å². The van der Waals surface area contributed by atoms with E-state index < -0.39 is 0 Å². The molecule has 1 aliphatic rings. The summed E-state index contributed by atoms with van der Waals surface area (Å²) in [5.74, 6) is 0.780. The van der Waals surface area contributed by atoms with Crippen molar-refractivity contribution in [3.05, 3.63) is 16.1 Å². The summed E-state index contributed by atoms with van der Waals surface area (Å²) >= 11 is 1.83. The van der Waals surface area contributed by atoms with Crippen molar-refractivity contribution >= 4 is 11.3 Å². The lowest BCUT2D eigenvalue weighted by atomic mass is 10.1. The average Bonchev–Trinajstić information content (AvgIpc) is 2.85. The molecule has 0 spiro atoms. The molecule has 1 aliphatic heterocycles. The van der Waals surface area contributed by atoms with Crippen molar-refractivity contribution in [2.24, 2.45) is 5.92 Å². The normalized spacial score (nSPS) is 21.4. The molecule has 0 saturated carbocycles. The first-order valence-electron chi connectivity index (χ1n) is 5.93. The van der Waals surface area contributed by atoms with Gasteiger partial charge < -0.3 is 5.32 Å². The second kappa shape index (κ2) is 5.08. The molecule has 0 aromatic carbocycles. The van der Waals surface area contributed by atoms with Gasteiger partial charge in [-0.3, -0.25) is 0 Å². The molecule has 1 atom stereocenters. The maximum atomic E-state index is 4.72. The maximum absolute atomic E-state index is 4.72. The van der Waals surface area contributed by atoms with Crippen LogP contribution in [-0.2, 0) is 6.42 Å². The number of nitrogens with zero attached hydrogens (tertiary/aromatic N) is 1. The number of nitrogens with one attached hydrogen (secondary N) is 1. The molecule has 2 nitrogen and oxygen atoms in total. The fourth-order valence-corrected chi connectivity index (χ4v) is 2.82. The Balaban J connectivity index is 1.91. The zero-order valence-corrected chi connectivity index (χ0v) is 10.4. The van der Waals surface area contributed by atoms with Crippen molar-refractivity contribution in [1.29, 1.82) is 0 Å². The fourth-order valence-electron chi connectivity index (χ4n) is 1.95. The lowest BCUT2D eigenvalue weighted by Gasteiger charge is -2.05. The Morgan fingerprint density at radius 1 is 1.60 bits per heavy atom. The number of rotatable bonds is 4. The third-order valence-corrected chi connectivity index (χ3v) is 3.85. The van der Waals surface area contributed by atoms with Crippen molar-refractivity contribution in [2.45, 2.75) is 45.6 Å². The van der Waals surface area contributed by atoms with Crippen LogP contribution >= 0.6 is 11.3 Å². The predicted molar refractivity (Wildman–Crippen MR) is 65.3 cm³/mol. The number of hydrogen-bond acceptors (Lipinski definition) is 3. The highest BCUT2D eigenvalue weighted by molar-refractivity contribution is 7.09. The molecule has 1 saturated heterocycles. The quantitative estimate of drug-likeness (QED) is 0.850. The Kier molecular flexibility index (Phi) is 3.76. The number of aromatic nitrogens is 1. The standard InChI is InChI=1S/C12H20N2S/c1-9(2)5-6-12-14-11(8-15-12)10-4-3-7-13-10/h8-10,13H,3-7H2,1-2H3. The summed E-state index contributed by atoms with van der Waals surface area (Å²) < 4.78 is 0. The van der Waals surface area contributed by atoms with Crippen LogP contribution in [0.1, 0.15) is 49.9 Å². The van der Waals surface area contributed by atoms with Gasteiger partial charge in [-0.25, -0.2) is 4.98 Å². The van der Waals surface area contributed by atoms with E-state index >= 15 is 0 Å². The molecule has 1 fully saturated rings. The van der Waals surface area contributed by atoms with Crippen LogP contribution in [0, 0.1) is 5.92 Å². The first kappa shape index (κ1) is 11.1. The van der Waals surface area contributed by atoms with E-state index in [4.69, 9.17) is 4.98 Å². The first-order valence-corrected chi connectivity index (χ1v) is 6.81. The second-order valence-electron chi connectivity index (χ2n) is 4.75. The van der Waals surface area contributed by atoms with Crippen LogP contribution in [0.4, 0.5) is 0 Å². The van der Waals surface area contributed by atoms with Gasteiger partial charge in [-0.15, -0.1) is 11.3 Å². The third kappa shape index (κ3) is 3.02. The molecule has 1 aromatic rings. The number of aryl methyl sites for hydroxylation is 1. The van der Waals surface area contributed by atoms with Gasteiger partial charge >= 0.3 is 0 Å². The third-order valence-electron chi connectivity index (χ3n) is 2.92. The van der Waals surface area contributed by atoms with Crippen LogP contribution in [-0.4, -0.2) is 11.5 Å². The van der Waals surface area contributed by atoms with Gasteiger partial charge in [-0.1, -0.05) is 13.8 Å². The second-order valence-corrected chi connectivity index (χ2v) is 5.69. The van der Waals surface area contributed by atoms with Crippen molar-refractivity contribution in [3.8, 4) is 0 Å². The Morgan fingerprint density at radius 2 is 2.47 bits per heavy atom. The summed E-state index contributed by atoms with van der Waals surface area (Å²) in [6, 6.07) is 0.536. The highest BCUT2D eigenvalue weighted by Gasteiger charge is 2.18. The zero-order chi connectivity index (χ0) is 10.7. The number of hydrogen-bond donors (Lipinski definition) is 1. The summed E-state index contributed by atoms with van der Waals surface area (Å²) in [5.41, 5.74) is 1.27. The lowest BCUT2D eigenvalue weighted by Crippen LogP contribution is -2.13. The van der Waals surface area contributed by atoms with Gasteiger partial charge in [0.05, 0.1) is 16.7 Å². The van der Waals surface area contributed by atoms with Crippen molar-refractivity contribution < 1.29 is 0 Å². The van der Waals surface area contributed by atoms with E-state index in [0.29, 0.717) is 6.04 Å². The Bertz CT molecular complexity index is 300. The van der Waals surface area contributed by atoms with Crippen molar-refractivity contribution in [1.82, 2.24) is 10.3 Å². The Hall–Kier alpha value is -0.410. The van der Waals surface area contributed by atoms with E-state index in [0.717, 1.165) is 18.9 Å². The Labute approximate surface area is 96.1 Å². The summed E-state index contributed by atoms with van der Waals surface area (Å²) in [6.45, 7) is 5.70. The molecule has 2 rings (SSSR count). The number of thiazole rings is 1. The summed E-state index contributed by atoms with van der Waals surface area (Å²) in [5, 5.41) is 7.04. The van der Waals surface area contributed by atoms with Crippen molar-refractivity contribution in [2.75, 3.05) is 6.54 Å². The molecule has 3 heteroatoms. The highest BCUT2D eigenvalue weighted by Crippen LogP contribution is 2.25. The Morgan fingerprint density at radius 3 is 3.13 bits per heavy atom. The van der Waals surface area contributed by atoms with Gasteiger partial charge in [-0.05, 0) is 38.1 Å². The van der Waals surface area contributed by atoms with Gasteiger partial charge in [0, 0.05) is 5.38 Å². The summed E-state index contributed by atoms with van der Waals surface area (Å²) in [6.07, 6.45) is 4.96. The van der Waals surface area contributed by atoms with Crippen molar-refractivity contribution in [3.63, 3.8) is 0 Å². The molecule has 2 heterocycles. The minimum atomic E-state index is 0.536. The highest BCUT2D eigenvalue weighted by atomic mass is 32.1. The lowest BCUT2D eigenvalue weighted by molar-refractivity contribution is 0.581. The first-order chi connectivity index (χ1) is 7.25. The zero-order valence-electron chi connectivity index (χ0n) is 9.62. The topological polar surface area (TPSA) is 24.9 Å². The predicted octanol–water partition coefficient (Wildman–Crippen LogP) is 3.16. The fraction of sp³-hybridized carbons (Fsp3) is 0.750. The molecule has 0 bridgehead atoms. The van der Waals surface area contributed by atoms with Gasteiger partial charge in [0.25, 0.3) is 0 Å². The maximum Gasteiger partial charge on any atom is 0.0929 e. The molecule has 0 amide bonds. The van der Waals surface area contributed by atoms with E-state index in [9.17, 15) is 0 Å². The molecule has 0 aliphatic carbocycles. The van der Waals surface area contributed by atoms with Crippen LogP contribution in [0.5, 0.6) is 0 Å². The minimum absolute atomic E-state index is 0.536. The van der Waals surface area contributed by atoms with Crippen LogP contribution in [0.3, 0.4) is 0 Å². The molecule has 1 aromatic heterocycles. The van der Waals surface area contributed by atoms with Gasteiger partial charge in [0.1, 0.15) is 0 Å². The smallest absolute Gasteiger partial charge is 0.0929 e. The molecular weight excluding hydrogens is 204 g/mol. The van der Waals surface area contributed by atoms with E-state index in [1.807, 2.05) is 11.3 Å².